The van der Waals surface area contributed by atoms with Gasteiger partial charge in [-0.3, -0.25) is 4.79 Å². The normalized spacial score (nSPS) is 10.8. The number of amides is 1. The van der Waals surface area contributed by atoms with Crippen molar-refractivity contribution in [3.8, 4) is 0 Å². The van der Waals surface area contributed by atoms with Crippen molar-refractivity contribution in [3.63, 3.8) is 0 Å². The molecule has 0 bridgehead atoms. The molecule has 0 unspecified atom stereocenters. The number of carbonyl (C=O) groups excluding carboxylic acids is 2. The van der Waals surface area contributed by atoms with Gasteiger partial charge in [-0.1, -0.05) is 25.1 Å². The SMILES string of the molecule is CCc1cccc(C)c1NC(=O)COC(=O)/C=C/c1ccc(Br)o1. The number of hydrogen-bond acceptors (Lipinski definition) is 4. The summed E-state index contributed by atoms with van der Waals surface area (Å²) in [5.41, 5.74) is 2.78. The van der Waals surface area contributed by atoms with E-state index in [1.807, 2.05) is 32.0 Å². The third-order valence-corrected chi connectivity index (χ3v) is 3.75. The van der Waals surface area contributed by atoms with Crippen LogP contribution in [0, 0.1) is 6.92 Å². The first-order valence-corrected chi connectivity index (χ1v) is 8.27. The van der Waals surface area contributed by atoms with Gasteiger partial charge in [0.25, 0.3) is 5.91 Å². The second-order valence-corrected chi connectivity index (χ2v) is 5.88. The smallest absolute Gasteiger partial charge is 0.331 e. The Morgan fingerprint density at radius 3 is 2.75 bits per heavy atom. The van der Waals surface area contributed by atoms with E-state index in [-0.39, 0.29) is 12.5 Å². The van der Waals surface area contributed by atoms with Crippen LogP contribution in [-0.2, 0) is 20.7 Å². The van der Waals surface area contributed by atoms with Gasteiger partial charge in [0.2, 0.25) is 0 Å². The van der Waals surface area contributed by atoms with Gasteiger partial charge in [-0.15, -0.1) is 0 Å². The maximum Gasteiger partial charge on any atom is 0.331 e. The number of rotatable bonds is 6. The Labute approximate surface area is 148 Å². The lowest BCUT2D eigenvalue weighted by atomic mass is 10.1. The van der Waals surface area contributed by atoms with Gasteiger partial charge in [0.15, 0.2) is 11.3 Å². The molecular formula is C18H18BrNO4. The fourth-order valence-corrected chi connectivity index (χ4v) is 2.45. The summed E-state index contributed by atoms with van der Waals surface area (Å²) >= 11 is 3.17. The van der Waals surface area contributed by atoms with Gasteiger partial charge in [0.05, 0.1) is 0 Å². The van der Waals surface area contributed by atoms with Crippen LogP contribution in [0.5, 0.6) is 0 Å². The standard InChI is InChI=1S/C18H18BrNO4/c1-3-13-6-4-5-12(2)18(13)20-16(21)11-23-17(22)10-8-14-7-9-15(19)24-14/h4-10H,3,11H2,1-2H3,(H,20,21)/b10-8+. The van der Waals surface area contributed by atoms with Crippen molar-refractivity contribution >= 4 is 39.6 Å². The zero-order chi connectivity index (χ0) is 17.5. The van der Waals surface area contributed by atoms with Crippen molar-refractivity contribution < 1.29 is 18.7 Å². The highest BCUT2D eigenvalue weighted by Gasteiger charge is 2.10. The monoisotopic (exact) mass is 391 g/mol. The second-order valence-electron chi connectivity index (χ2n) is 5.09. The zero-order valence-corrected chi connectivity index (χ0v) is 15.1. The highest BCUT2D eigenvalue weighted by Crippen LogP contribution is 2.21. The molecule has 1 aromatic heterocycles. The molecule has 0 aliphatic heterocycles. The van der Waals surface area contributed by atoms with Crippen molar-refractivity contribution in [2.75, 3.05) is 11.9 Å². The zero-order valence-electron chi connectivity index (χ0n) is 13.5. The lowest BCUT2D eigenvalue weighted by molar-refractivity contribution is -0.142. The van der Waals surface area contributed by atoms with E-state index in [0.717, 1.165) is 23.2 Å². The molecule has 0 aliphatic carbocycles. The minimum Gasteiger partial charge on any atom is -0.452 e. The molecule has 0 spiro atoms. The fourth-order valence-electron chi connectivity index (χ4n) is 2.13. The van der Waals surface area contributed by atoms with Crippen molar-refractivity contribution in [2.45, 2.75) is 20.3 Å². The maximum absolute atomic E-state index is 12.0. The Bertz CT molecular complexity index is 764. The number of nitrogens with one attached hydrogen (secondary N) is 1. The first-order chi connectivity index (χ1) is 11.5. The average molecular weight is 392 g/mol. The van der Waals surface area contributed by atoms with E-state index >= 15 is 0 Å². The van der Waals surface area contributed by atoms with Crippen LogP contribution >= 0.6 is 15.9 Å². The number of furan rings is 1. The largest absolute Gasteiger partial charge is 0.452 e. The molecule has 2 rings (SSSR count). The van der Waals surface area contributed by atoms with Crippen molar-refractivity contribution in [3.05, 3.63) is 58.0 Å². The van der Waals surface area contributed by atoms with E-state index in [0.29, 0.717) is 10.4 Å². The molecule has 0 aliphatic rings. The molecule has 2 aromatic rings. The van der Waals surface area contributed by atoms with E-state index in [4.69, 9.17) is 9.15 Å². The minimum absolute atomic E-state index is 0.345. The summed E-state index contributed by atoms with van der Waals surface area (Å²) in [4.78, 5) is 23.6. The van der Waals surface area contributed by atoms with E-state index in [1.165, 1.54) is 12.2 Å². The van der Waals surface area contributed by atoms with Crippen LogP contribution < -0.4 is 5.32 Å². The van der Waals surface area contributed by atoms with Crippen molar-refractivity contribution in [1.29, 1.82) is 0 Å². The number of esters is 1. The highest BCUT2D eigenvalue weighted by atomic mass is 79.9. The molecule has 6 heteroatoms. The first kappa shape index (κ1) is 18.0. The van der Waals surface area contributed by atoms with Crippen LogP contribution in [-0.4, -0.2) is 18.5 Å². The summed E-state index contributed by atoms with van der Waals surface area (Å²) in [5, 5.41) is 2.80. The predicted octanol–water partition coefficient (Wildman–Crippen LogP) is 4.11. The Balaban J connectivity index is 1.87. The number of aryl methyl sites for hydroxylation is 2. The summed E-state index contributed by atoms with van der Waals surface area (Å²) < 4.78 is 10.7. The Hall–Kier alpha value is -2.34. The van der Waals surface area contributed by atoms with Crippen LogP contribution in [0.3, 0.4) is 0 Å². The van der Waals surface area contributed by atoms with Crippen molar-refractivity contribution in [2.24, 2.45) is 0 Å². The van der Waals surface area contributed by atoms with Gasteiger partial charge in [-0.05, 0) is 58.6 Å². The van der Waals surface area contributed by atoms with Gasteiger partial charge >= 0.3 is 5.97 Å². The number of benzene rings is 1. The van der Waals surface area contributed by atoms with Crippen LogP contribution in [0.25, 0.3) is 6.08 Å². The van der Waals surface area contributed by atoms with Crippen LogP contribution in [0.1, 0.15) is 23.8 Å². The molecule has 0 atom stereocenters. The molecule has 5 nitrogen and oxygen atoms in total. The fraction of sp³-hybridized carbons (Fsp3) is 0.222. The number of hydrogen-bond donors (Lipinski definition) is 1. The third-order valence-electron chi connectivity index (χ3n) is 3.33. The van der Waals surface area contributed by atoms with E-state index in [9.17, 15) is 9.59 Å². The first-order valence-electron chi connectivity index (χ1n) is 7.48. The van der Waals surface area contributed by atoms with E-state index in [2.05, 4.69) is 21.2 Å². The molecule has 126 valence electrons. The molecule has 0 saturated heterocycles. The van der Waals surface area contributed by atoms with E-state index in [1.54, 1.807) is 12.1 Å². The highest BCUT2D eigenvalue weighted by molar-refractivity contribution is 9.10. The second kappa shape index (κ2) is 8.49. The minimum atomic E-state index is -0.613. The quantitative estimate of drug-likeness (QED) is 0.594. The molecule has 1 aromatic carbocycles. The van der Waals surface area contributed by atoms with E-state index < -0.39 is 5.97 Å². The molecule has 24 heavy (non-hydrogen) atoms. The van der Waals surface area contributed by atoms with Crippen LogP contribution in [0.2, 0.25) is 0 Å². The Kier molecular flexibility index (Phi) is 6.37. The molecule has 1 heterocycles. The number of ether oxygens (including phenoxy) is 1. The topological polar surface area (TPSA) is 68.5 Å². The summed E-state index contributed by atoms with van der Waals surface area (Å²) in [6.07, 6.45) is 3.49. The van der Waals surface area contributed by atoms with Gasteiger partial charge in [-0.25, -0.2) is 4.79 Å². The van der Waals surface area contributed by atoms with Crippen LogP contribution in [0.4, 0.5) is 5.69 Å². The summed E-state index contributed by atoms with van der Waals surface area (Å²) in [5.74, 6) is -0.476. The number of anilines is 1. The lowest BCUT2D eigenvalue weighted by Crippen LogP contribution is -2.21. The Morgan fingerprint density at radius 1 is 1.29 bits per heavy atom. The molecule has 0 saturated carbocycles. The number of para-hydroxylation sites is 1. The molecule has 0 radical (unpaired) electrons. The number of carbonyl (C=O) groups is 2. The molecular weight excluding hydrogens is 374 g/mol. The summed E-state index contributed by atoms with van der Waals surface area (Å²) in [6.45, 7) is 3.59. The molecule has 1 amide bonds. The molecule has 1 N–H and O–H groups in total. The van der Waals surface area contributed by atoms with Gasteiger partial charge < -0.3 is 14.5 Å². The van der Waals surface area contributed by atoms with Crippen LogP contribution in [0.15, 0.2) is 45.5 Å². The molecule has 0 fully saturated rings. The van der Waals surface area contributed by atoms with Crippen molar-refractivity contribution in [1.82, 2.24) is 0 Å². The maximum atomic E-state index is 12.0. The third kappa shape index (κ3) is 5.09. The van der Waals surface area contributed by atoms with Gasteiger partial charge in [0.1, 0.15) is 5.76 Å². The summed E-state index contributed by atoms with van der Waals surface area (Å²) in [6, 6.07) is 9.24. The van der Waals surface area contributed by atoms with Gasteiger partial charge in [-0.2, -0.15) is 0 Å². The lowest BCUT2D eigenvalue weighted by Gasteiger charge is -2.12. The summed E-state index contributed by atoms with van der Waals surface area (Å²) in [7, 11) is 0. The average Bonchev–Trinajstić information content (AvgIpc) is 2.98. The van der Waals surface area contributed by atoms with Gasteiger partial charge in [0, 0.05) is 11.8 Å². The number of halogens is 1. The Morgan fingerprint density at radius 2 is 2.08 bits per heavy atom. The predicted molar refractivity (Wildman–Crippen MR) is 95.6 cm³/mol.